The first-order chi connectivity index (χ1) is 9.34. The number of rotatable bonds is 2. The number of fused-ring (bicyclic) bond motifs is 1. The number of carbonyl (C=O) groups is 1. The molecule has 0 radical (unpaired) electrons. The van der Waals surface area contributed by atoms with E-state index in [2.05, 4.69) is 6.08 Å². The SMILES string of the molecule is O=C(/C1=C/CCCCCC1)c1ccc2c(c1)CCO2. The fourth-order valence-corrected chi connectivity index (χ4v) is 2.91. The number of Topliss-reactive ketones (excluding diaryl/α,β-unsaturated/α-hetero) is 1. The Kier molecular flexibility index (Phi) is 3.67. The van der Waals surface area contributed by atoms with Gasteiger partial charge in [0.15, 0.2) is 5.78 Å². The second-order valence-electron chi connectivity index (χ2n) is 5.43. The topological polar surface area (TPSA) is 26.3 Å². The molecule has 1 heterocycles. The van der Waals surface area contributed by atoms with Crippen LogP contribution in [-0.4, -0.2) is 12.4 Å². The second kappa shape index (κ2) is 5.60. The van der Waals surface area contributed by atoms with Gasteiger partial charge in [0.05, 0.1) is 6.61 Å². The lowest BCUT2D eigenvalue weighted by atomic mass is 9.93. The lowest BCUT2D eigenvalue weighted by molar-refractivity contribution is 0.102. The summed E-state index contributed by atoms with van der Waals surface area (Å²) in [5.74, 6) is 1.17. The molecular weight excluding hydrogens is 236 g/mol. The molecule has 1 aromatic rings. The Morgan fingerprint density at radius 2 is 1.95 bits per heavy atom. The predicted octanol–water partition coefficient (Wildman–Crippen LogP) is 4.08. The van der Waals surface area contributed by atoms with Crippen LogP contribution < -0.4 is 4.74 Å². The maximum Gasteiger partial charge on any atom is 0.188 e. The van der Waals surface area contributed by atoms with Gasteiger partial charge in [-0.05, 0) is 55.0 Å². The van der Waals surface area contributed by atoms with Crippen molar-refractivity contribution in [2.24, 2.45) is 0 Å². The lowest BCUT2D eigenvalue weighted by Crippen LogP contribution is -2.05. The molecule has 0 bridgehead atoms. The molecule has 1 aliphatic heterocycles. The third kappa shape index (κ3) is 2.73. The lowest BCUT2D eigenvalue weighted by Gasteiger charge is -2.11. The monoisotopic (exact) mass is 256 g/mol. The molecule has 2 aliphatic rings. The van der Waals surface area contributed by atoms with Crippen LogP contribution in [0, 0.1) is 0 Å². The van der Waals surface area contributed by atoms with Gasteiger partial charge in [-0.25, -0.2) is 0 Å². The fraction of sp³-hybridized carbons (Fsp3) is 0.471. The molecule has 0 amide bonds. The van der Waals surface area contributed by atoms with Gasteiger partial charge in [0, 0.05) is 12.0 Å². The molecular formula is C17H20O2. The third-order valence-corrected chi connectivity index (χ3v) is 4.03. The summed E-state index contributed by atoms with van der Waals surface area (Å²) in [6, 6.07) is 5.87. The van der Waals surface area contributed by atoms with Crippen molar-refractivity contribution < 1.29 is 9.53 Å². The van der Waals surface area contributed by atoms with Crippen molar-refractivity contribution in [3.05, 3.63) is 41.0 Å². The van der Waals surface area contributed by atoms with Crippen LogP contribution in [0.4, 0.5) is 0 Å². The molecule has 0 unspecified atom stereocenters. The standard InChI is InChI=1S/C17H20O2/c18-17(13-6-4-2-1-3-5-7-13)15-8-9-16-14(12-15)10-11-19-16/h6,8-9,12H,1-5,7,10-11H2/b13-6+. The Morgan fingerprint density at radius 1 is 1.05 bits per heavy atom. The minimum Gasteiger partial charge on any atom is -0.493 e. The number of hydrogen-bond donors (Lipinski definition) is 0. The van der Waals surface area contributed by atoms with E-state index in [-0.39, 0.29) is 5.78 Å². The van der Waals surface area contributed by atoms with Gasteiger partial charge < -0.3 is 4.74 Å². The van der Waals surface area contributed by atoms with Crippen molar-refractivity contribution in [1.29, 1.82) is 0 Å². The third-order valence-electron chi connectivity index (χ3n) is 4.03. The highest BCUT2D eigenvalue weighted by atomic mass is 16.5. The van der Waals surface area contributed by atoms with Crippen molar-refractivity contribution >= 4 is 5.78 Å². The molecule has 3 rings (SSSR count). The molecule has 1 aliphatic carbocycles. The Labute approximate surface area is 114 Å². The van der Waals surface area contributed by atoms with Crippen molar-refractivity contribution in [2.45, 2.75) is 44.9 Å². The summed E-state index contributed by atoms with van der Waals surface area (Å²) in [5.41, 5.74) is 3.02. The van der Waals surface area contributed by atoms with Crippen LogP contribution >= 0.6 is 0 Å². The second-order valence-corrected chi connectivity index (χ2v) is 5.43. The van der Waals surface area contributed by atoms with Crippen LogP contribution in [-0.2, 0) is 6.42 Å². The Bertz CT molecular complexity index is 514. The molecule has 0 fully saturated rings. The largest absolute Gasteiger partial charge is 0.493 e. The van der Waals surface area contributed by atoms with E-state index in [0.29, 0.717) is 0 Å². The quantitative estimate of drug-likeness (QED) is 0.745. The van der Waals surface area contributed by atoms with E-state index in [9.17, 15) is 4.79 Å². The van der Waals surface area contributed by atoms with E-state index in [0.717, 1.165) is 49.2 Å². The minimum absolute atomic E-state index is 0.219. The summed E-state index contributed by atoms with van der Waals surface area (Å²) in [6.45, 7) is 0.746. The van der Waals surface area contributed by atoms with Crippen molar-refractivity contribution in [2.75, 3.05) is 6.61 Å². The molecule has 0 spiro atoms. The average molecular weight is 256 g/mol. The Hall–Kier alpha value is -1.57. The van der Waals surface area contributed by atoms with Gasteiger partial charge in [0.2, 0.25) is 0 Å². The zero-order valence-corrected chi connectivity index (χ0v) is 11.3. The van der Waals surface area contributed by atoms with Crippen LogP contribution in [0.2, 0.25) is 0 Å². The van der Waals surface area contributed by atoms with Crippen molar-refractivity contribution in [3.8, 4) is 5.75 Å². The number of ketones is 1. The van der Waals surface area contributed by atoms with Crippen LogP contribution in [0.25, 0.3) is 0 Å². The molecule has 19 heavy (non-hydrogen) atoms. The molecule has 0 atom stereocenters. The maximum absolute atomic E-state index is 12.6. The van der Waals surface area contributed by atoms with Crippen LogP contribution in [0.1, 0.15) is 54.4 Å². The van der Waals surface area contributed by atoms with Crippen LogP contribution in [0.5, 0.6) is 5.75 Å². The number of ether oxygens (including phenoxy) is 1. The molecule has 0 saturated heterocycles. The van der Waals surface area contributed by atoms with Crippen molar-refractivity contribution in [3.63, 3.8) is 0 Å². The highest BCUT2D eigenvalue weighted by Crippen LogP contribution is 2.28. The molecule has 0 saturated carbocycles. The smallest absolute Gasteiger partial charge is 0.188 e. The van der Waals surface area contributed by atoms with Gasteiger partial charge in [-0.3, -0.25) is 4.79 Å². The first-order valence-corrected chi connectivity index (χ1v) is 7.34. The average Bonchev–Trinajstić information content (AvgIpc) is 2.84. The molecule has 1 aromatic carbocycles. The zero-order chi connectivity index (χ0) is 13.1. The molecule has 0 aromatic heterocycles. The molecule has 2 heteroatoms. The van der Waals surface area contributed by atoms with Crippen LogP contribution in [0.3, 0.4) is 0 Å². The first-order valence-electron chi connectivity index (χ1n) is 7.34. The summed E-state index contributed by atoms with van der Waals surface area (Å²) in [7, 11) is 0. The van der Waals surface area contributed by atoms with E-state index in [1.54, 1.807) is 0 Å². The van der Waals surface area contributed by atoms with Gasteiger partial charge in [-0.1, -0.05) is 18.9 Å². The fourth-order valence-electron chi connectivity index (χ4n) is 2.91. The number of carbonyl (C=O) groups excluding carboxylic acids is 1. The van der Waals surface area contributed by atoms with Gasteiger partial charge in [0.1, 0.15) is 5.75 Å². The van der Waals surface area contributed by atoms with E-state index >= 15 is 0 Å². The maximum atomic E-state index is 12.6. The number of benzene rings is 1. The molecule has 2 nitrogen and oxygen atoms in total. The molecule has 100 valence electrons. The summed E-state index contributed by atoms with van der Waals surface area (Å²) >= 11 is 0. The molecule has 0 N–H and O–H groups in total. The highest BCUT2D eigenvalue weighted by molar-refractivity contribution is 6.08. The predicted molar refractivity (Wildman–Crippen MR) is 75.8 cm³/mol. The van der Waals surface area contributed by atoms with Crippen LogP contribution in [0.15, 0.2) is 29.8 Å². The van der Waals surface area contributed by atoms with E-state index < -0.39 is 0 Å². The highest BCUT2D eigenvalue weighted by Gasteiger charge is 2.17. The summed E-state index contributed by atoms with van der Waals surface area (Å²) < 4.78 is 5.49. The normalized spacial score (nSPS) is 21.6. The zero-order valence-electron chi connectivity index (χ0n) is 11.3. The van der Waals surface area contributed by atoms with E-state index in [1.807, 2.05) is 18.2 Å². The summed E-state index contributed by atoms with van der Waals surface area (Å²) in [6.07, 6.45) is 9.99. The van der Waals surface area contributed by atoms with Crippen molar-refractivity contribution in [1.82, 2.24) is 0 Å². The van der Waals surface area contributed by atoms with E-state index in [1.165, 1.54) is 24.8 Å². The first kappa shape index (κ1) is 12.5. The Morgan fingerprint density at radius 3 is 2.89 bits per heavy atom. The van der Waals surface area contributed by atoms with E-state index in [4.69, 9.17) is 4.74 Å². The van der Waals surface area contributed by atoms with Gasteiger partial charge in [-0.2, -0.15) is 0 Å². The van der Waals surface area contributed by atoms with Gasteiger partial charge in [0.25, 0.3) is 0 Å². The van der Waals surface area contributed by atoms with Gasteiger partial charge in [-0.15, -0.1) is 0 Å². The Balaban J connectivity index is 1.82. The van der Waals surface area contributed by atoms with Gasteiger partial charge >= 0.3 is 0 Å². The number of hydrogen-bond acceptors (Lipinski definition) is 2. The number of allylic oxidation sites excluding steroid dienone is 2. The summed E-state index contributed by atoms with van der Waals surface area (Å²) in [4.78, 5) is 12.6. The summed E-state index contributed by atoms with van der Waals surface area (Å²) in [5, 5.41) is 0. The minimum atomic E-state index is 0.219.